The number of sulfonamides is 1. The lowest BCUT2D eigenvalue weighted by atomic mass is 10.3. The summed E-state index contributed by atoms with van der Waals surface area (Å²) in [6.07, 6.45) is 2.84. The van der Waals surface area contributed by atoms with Crippen molar-refractivity contribution < 1.29 is 17.6 Å². The second-order valence-electron chi connectivity index (χ2n) is 6.04. The Morgan fingerprint density at radius 2 is 1.96 bits per heavy atom. The fraction of sp³-hybridized carbons (Fsp3) is 0.294. The summed E-state index contributed by atoms with van der Waals surface area (Å²) in [5, 5.41) is 2.75. The van der Waals surface area contributed by atoms with Crippen LogP contribution in [0.15, 0.2) is 47.6 Å². The highest BCUT2D eigenvalue weighted by atomic mass is 35.5. The molecule has 0 bridgehead atoms. The molecule has 1 aliphatic heterocycles. The number of hydrogen-bond acceptors (Lipinski definition) is 5. The van der Waals surface area contributed by atoms with E-state index in [0.29, 0.717) is 18.8 Å². The molecule has 1 aromatic heterocycles. The molecular weight excluding hydrogens is 395 g/mol. The average Bonchev–Trinajstić information content (AvgIpc) is 2.65. The zero-order valence-electron chi connectivity index (χ0n) is 14.3. The molecule has 144 valence electrons. The van der Waals surface area contributed by atoms with E-state index in [0.717, 1.165) is 6.07 Å². The van der Waals surface area contributed by atoms with Crippen LogP contribution in [0.3, 0.4) is 0 Å². The molecule has 1 N–H and O–H groups in total. The quantitative estimate of drug-likeness (QED) is 0.810. The number of rotatable bonds is 5. The second kappa shape index (κ2) is 8.30. The number of anilines is 1. The molecule has 1 amide bonds. The van der Waals surface area contributed by atoms with E-state index < -0.39 is 15.8 Å². The van der Waals surface area contributed by atoms with Gasteiger partial charge in [0.05, 0.1) is 17.3 Å². The Hall–Kier alpha value is -2.07. The molecule has 3 rings (SSSR count). The highest BCUT2D eigenvalue weighted by Crippen LogP contribution is 2.22. The highest BCUT2D eigenvalue weighted by molar-refractivity contribution is 7.89. The number of carbonyl (C=O) groups excluding carboxylic acids is 1. The number of halogens is 2. The molecule has 0 saturated carbocycles. The van der Waals surface area contributed by atoms with Crippen LogP contribution < -0.4 is 5.32 Å². The smallest absolute Gasteiger partial charge is 0.244 e. The Balaban J connectivity index is 1.54. The Bertz CT molecular complexity index is 919. The number of carbonyl (C=O) groups is 1. The number of amides is 1. The van der Waals surface area contributed by atoms with Crippen molar-refractivity contribution in [3.63, 3.8) is 0 Å². The molecule has 0 radical (unpaired) electrons. The molecule has 2 heterocycles. The molecule has 0 aliphatic carbocycles. The maximum atomic E-state index is 13.1. The zero-order valence-corrected chi connectivity index (χ0v) is 15.9. The van der Waals surface area contributed by atoms with Crippen LogP contribution >= 0.6 is 11.6 Å². The van der Waals surface area contributed by atoms with E-state index in [-0.39, 0.29) is 35.5 Å². The van der Waals surface area contributed by atoms with Gasteiger partial charge in [0.2, 0.25) is 15.9 Å². The number of benzene rings is 1. The van der Waals surface area contributed by atoms with Gasteiger partial charge in [-0.25, -0.2) is 12.8 Å². The first-order chi connectivity index (χ1) is 12.9. The van der Waals surface area contributed by atoms with Crippen LogP contribution in [0.5, 0.6) is 0 Å². The predicted molar refractivity (Wildman–Crippen MR) is 99.5 cm³/mol. The first-order valence-electron chi connectivity index (χ1n) is 8.24. The Labute approximate surface area is 161 Å². The Kier molecular flexibility index (Phi) is 6.05. The normalized spacial score (nSPS) is 16.2. The summed E-state index contributed by atoms with van der Waals surface area (Å²) in [6, 6.07) is 6.82. The zero-order chi connectivity index (χ0) is 19.4. The van der Waals surface area contributed by atoms with Crippen LogP contribution in [0.2, 0.25) is 5.02 Å². The lowest BCUT2D eigenvalue weighted by Gasteiger charge is -2.33. The molecule has 2 aromatic rings. The maximum Gasteiger partial charge on any atom is 0.244 e. The van der Waals surface area contributed by atoms with Crippen molar-refractivity contribution >= 4 is 33.2 Å². The molecule has 0 atom stereocenters. The number of aromatic nitrogens is 1. The minimum absolute atomic E-state index is 0.0918. The van der Waals surface area contributed by atoms with Crippen LogP contribution in [0.25, 0.3) is 0 Å². The van der Waals surface area contributed by atoms with Crippen LogP contribution in [0, 0.1) is 5.82 Å². The minimum atomic E-state index is -3.58. The third kappa shape index (κ3) is 4.81. The first-order valence-corrected chi connectivity index (χ1v) is 10.1. The van der Waals surface area contributed by atoms with E-state index in [9.17, 15) is 17.6 Å². The summed E-state index contributed by atoms with van der Waals surface area (Å²) in [5.41, 5.74) is 0.334. The third-order valence-corrected chi connectivity index (χ3v) is 6.37. The summed E-state index contributed by atoms with van der Waals surface area (Å²) in [5.74, 6) is -0.781. The van der Waals surface area contributed by atoms with E-state index in [1.54, 1.807) is 6.07 Å². The summed E-state index contributed by atoms with van der Waals surface area (Å²) >= 11 is 5.90. The van der Waals surface area contributed by atoms with Gasteiger partial charge in [-0.3, -0.25) is 14.7 Å². The fourth-order valence-electron chi connectivity index (χ4n) is 2.76. The fourth-order valence-corrected chi connectivity index (χ4v) is 4.36. The molecule has 0 spiro atoms. The van der Waals surface area contributed by atoms with Crippen molar-refractivity contribution in [2.75, 3.05) is 38.0 Å². The van der Waals surface area contributed by atoms with Gasteiger partial charge < -0.3 is 5.32 Å². The lowest BCUT2D eigenvalue weighted by Crippen LogP contribution is -2.50. The van der Waals surface area contributed by atoms with E-state index in [1.807, 2.05) is 4.90 Å². The topological polar surface area (TPSA) is 82.6 Å². The molecule has 1 aliphatic rings. The van der Waals surface area contributed by atoms with Crippen molar-refractivity contribution in [1.82, 2.24) is 14.2 Å². The lowest BCUT2D eigenvalue weighted by molar-refractivity contribution is -0.117. The van der Waals surface area contributed by atoms with Gasteiger partial charge in [-0.05, 0) is 30.3 Å². The second-order valence-corrected chi connectivity index (χ2v) is 8.39. The van der Waals surface area contributed by atoms with Crippen molar-refractivity contribution in [1.29, 1.82) is 0 Å². The molecule has 27 heavy (non-hydrogen) atoms. The van der Waals surface area contributed by atoms with Crippen molar-refractivity contribution in [3.8, 4) is 0 Å². The van der Waals surface area contributed by atoms with Gasteiger partial charge in [0, 0.05) is 38.6 Å². The van der Waals surface area contributed by atoms with Crippen LogP contribution in [-0.2, 0) is 14.8 Å². The molecule has 7 nitrogen and oxygen atoms in total. The van der Waals surface area contributed by atoms with Gasteiger partial charge in [-0.2, -0.15) is 4.31 Å². The molecule has 0 unspecified atom stereocenters. The standard InChI is InChI=1S/C17H18ClFN4O3S/c18-15-10-13(19)3-4-16(15)21-17(24)12-22-6-8-23(9-7-22)27(25,26)14-2-1-5-20-11-14/h1-5,10-11H,6-9,12H2,(H,21,24). The van der Waals surface area contributed by atoms with Crippen molar-refractivity contribution in [3.05, 3.63) is 53.6 Å². The van der Waals surface area contributed by atoms with Crippen molar-refractivity contribution in [2.24, 2.45) is 0 Å². The van der Waals surface area contributed by atoms with Crippen molar-refractivity contribution in [2.45, 2.75) is 4.90 Å². The molecule has 1 aromatic carbocycles. The van der Waals surface area contributed by atoms with Crippen LogP contribution in [-0.4, -0.2) is 61.2 Å². The van der Waals surface area contributed by atoms with Gasteiger partial charge in [0.15, 0.2) is 0 Å². The van der Waals surface area contributed by atoms with E-state index >= 15 is 0 Å². The number of nitrogens with one attached hydrogen (secondary N) is 1. The highest BCUT2D eigenvalue weighted by Gasteiger charge is 2.29. The van der Waals surface area contributed by atoms with Gasteiger partial charge in [0.25, 0.3) is 0 Å². The molecule has 10 heteroatoms. The molecular formula is C17H18ClFN4O3S. The Morgan fingerprint density at radius 3 is 2.59 bits per heavy atom. The number of pyridine rings is 1. The monoisotopic (exact) mass is 412 g/mol. The average molecular weight is 413 g/mol. The van der Waals surface area contributed by atoms with Crippen LogP contribution in [0.1, 0.15) is 0 Å². The van der Waals surface area contributed by atoms with Gasteiger partial charge in [-0.1, -0.05) is 11.6 Å². The summed E-state index contributed by atoms with van der Waals surface area (Å²) in [4.78, 5) is 18.0. The minimum Gasteiger partial charge on any atom is -0.324 e. The third-order valence-electron chi connectivity index (χ3n) is 4.18. The SMILES string of the molecule is O=C(CN1CCN(S(=O)(=O)c2cccnc2)CC1)Nc1ccc(F)cc1Cl. The number of nitrogens with zero attached hydrogens (tertiary/aromatic N) is 3. The van der Waals surface area contributed by atoms with E-state index in [1.165, 1.54) is 34.9 Å². The predicted octanol–water partition coefficient (Wildman–Crippen LogP) is 1.82. The van der Waals surface area contributed by atoms with E-state index in [4.69, 9.17) is 11.6 Å². The number of piperazine rings is 1. The largest absolute Gasteiger partial charge is 0.324 e. The summed E-state index contributed by atoms with van der Waals surface area (Å²) in [6.45, 7) is 1.49. The van der Waals surface area contributed by atoms with E-state index in [2.05, 4.69) is 10.3 Å². The van der Waals surface area contributed by atoms with Crippen LogP contribution in [0.4, 0.5) is 10.1 Å². The van der Waals surface area contributed by atoms with Gasteiger partial charge in [-0.15, -0.1) is 0 Å². The Morgan fingerprint density at radius 1 is 1.22 bits per heavy atom. The molecule has 1 fully saturated rings. The summed E-state index contributed by atoms with van der Waals surface area (Å²) in [7, 11) is -3.58. The summed E-state index contributed by atoms with van der Waals surface area (Å²) < 4.78 is 39.6. The number of hydrogen-bond donors (Lipinski definition) is 1. The van der Waals surface area contributed by atoms with Gasteiger partial charge >= 0.3 is 0 Å². The first kappa shape index (κ1) is 19.7. The molecule has 1 saturated heterocycles. The van der Waals surface area contributed by atoms with Gasteiger partial charge in [0.1, 0.15) is 10.7 Å². The maximum absolute atomic E-state index is 13.1.